The zero-order valence-corrected chi connectivity index (χ0v) is 30.1. The number of hydrogen-bond donors (Lipinski definition) is 1. The molecule has 1 aliphatic rings. The molecule has 0 bridgehead atoms. The Kier molecular flexibility index (Phi) is 9.35. The van der Waals surface area contributed by atoms with Gasteiger partial charge in [-0.05, 0) is 81.1 Å². The molecular formula is C42H29Cl4NO4. The van der Waals surface area contributed by atoms with E-state index < -0.39 is 40.5 Å². The number of aliphatic hydroxyl groups is 1. The summed E-state index contributed by atoms with van der Waals surface area (Å²) in [6, 6.07) is 38.0. The number of nitriles is 1. The second-order valence-electron chi connectivity index (χ2n) is 12.9. The molecule has 9 heteroatoms. The van der Waals surface area contributed by atoms with Crippen molar-refractivity contribution in [3.63, 3.8) is 0 Å². The minimum absolute atomic E-state index is 0.147. The topological polar surface area (TPSA) is 87.4 Å². The average molecular weight is 754 g/mol. The summed E-state index contributed by atoms with van der Waals surface area (Å²) in [5.41, 5.74) is -2.51. The van der Waals surface area contributed by atoms with Crippen molar-refractivity contribution in [1.82, 2.24) is 0 Å². The number of nitrogens with zero attached hydrogens (tertiary/aromatic N) is 1. The number of halogens is 4. The van der Waals surface area contributed by atoms with Crippen LogP contribution >= 0.6 is 46.4 Å². The number of Topliss-reactive ketones (excluding diaryl/α,β-unsaturated/α-hetero) is 1. The first-order chi connectivity index (χ1) is 24.5. The van der Waals surface area contributed by atoms with Gasteiger partial charge in [0.15, 0.2) is 11.2 Å². The standard InChI is InChI=1S/C42H29Cl4NO4/c1-51-40(49)41(23-47)32(28-13-16-33(43)35(45)20-28)22-42(50,31-15-12-25-7-3-5-9-27(25)19-31)38(37(41)29-14-17-34(44)36(46)21-29)39(48)30-11-10-24-6-2-4-8-26(24)18-30/h2-21,32,37-38,50H,22H2,1H3/t32-,37-,38-,41-,42-/m0/s1. The van der Waals surface area contributed by atoms with Crippen LogP contribution in [0.15, 0.2) is 121 Å². The van der Waals surface area contributed by atoms with Crippen LogP contribution < -0.4 is 0 Å². The van der Waals surface area contributed by atoms with Gasteiger partial charge in [0.25, 0.3) is 0 Å². The van der Waals surface area contributed by atoms with Crippen molar-refractivity contribution in [3.8, 4) is 6.07 Å². The molecule has 5 nitrogen and oxygen atoms in total. The molecule has 1 saturated carbocycles. The van der Waals surface area contributed by atoms with E-state index in [0.29, 0.717) is 22.3 Å². The molecule has 254 valence electrons. The van der Waals surface area contributed by atoms with Gasteiger partial charge in [-0.25, -0.2) is 0 Å². The summed E-state index contributed by atoms with van der Waals surface area (Å²) in [4.78, 5) is 29.8. The number of carbonyl (C=O) groups excluding carboxylic acids is 2. The highest BCUT2D eigenvalue weighted by Crippen LogP contribution is 2.64. The minimum Gasteiger partial charge on any atom is -0.468 e. The Morgan fingerprint density at radius 2 is 1.25 bits per heavy atom. The Labute approximate surface area is 314 Å². The fourth-order valence-electron chi connectivity index (χ4n) is 7.90. The van der Waals surface area contributed by atoms with E-state index in [9.17, 15) is 15.2 Å². The van der Waals surface area contributed by atoms with Crippen molar-refractivity contribution < 1.29 is 19.4 Å². The monoisotopic (exact) mass is 751 g/mol. The highest BCUT2D eigenvalue weighted by atomic mass is 35.5. The van der Waals surface area contributed by atoms with Gasteiger partial charge in [0.1, 0.15) is 5.60 Å². The van der Waals surface area contributed by atoms with Crippen LogP contribution in [0.2, 0.25) is 20.1 Å². The van der Waals surface area contributed by atoms with E-state index in [4.69, 9.17) is 51.1 Å². The molecule has 0 aromatic heterocycles. The van der Waals surface area contributed by atoms with Crippen LogP contribution in [0.1, 0.15) is 45.3 Å². The van der Waals surface area contributed by atoms with Gasteiger partial charge in [0.2, 0.25) is 0 Å². The summed E-state index contributed by atoms with van der Waals surface area (Å²) in [7, 11) is 1.20. The molecule has 6 aromatic carbocycles. The van der Waals surface area contributed by atoms with Crippen LogP contribution in [-0.2, 0) is 15.1 Å². The zero-order valence-electron chi connectivity index (χ0n) is 27.1. The van der Waals surface area contributed by atoms with Gasteiger partial charge in [0, 0.05) is 17.4 Å². The number of carbonyl (C=O) groups is 2. The van der Waals surface area contributed by atoms with Crippen LogP contribution in [0.25, 0.3) is 21.5 Å². The van der Waals surface area contributed by atoms with Crippen LogP contribution in [-0.4, -0.2) is 24.0 Å². The van der Waals surface area contributed by atoms with E-state index in [0.717, 1.165) is 21.5 Å². The molecule has 0 aliphatic heterocycles. The summed E-state index contributed by atoms with van der Waals surface area (Å²) in [6.07, 6.45) is -0.228. The number of fused-ring (bicyclic) bond motifs is 2. The van der Waals surface area contributed by atoms with E-state index in [-0.39, 0.29) is 26.5 Å². The molecule has 0 spiro atoms. The first-order valence-electron chi connectivity index (χ1n) is 16.2. The predicted molar refractivity (Wildman–Crippen MR) is 203 cm³/mol. The Hall–Kier alpha value is -4.41. The first kappa shape index (κ1) is 35.0. The normalized spacial score (nSPS) is 23.1. The number of esters is 1. The predicted octanol–water partition coefficient (Wildman–Crippen LogP) is 10.9. The number of ether oxygens (including phenoxy) is 1. The summed E-state index contributed by atoms with van der Waals surface area (Å²) in [5, 5.41) is 29.2. The fourth-order valence-corrected chi connectivity index (χ4v) is 8.52. The third-order valence-corrected chi connectivity index (χ3v) is 11.8. The van der Waals surface area contributed by atoms with Gasteiger partial charge >= 0.3 is 5.97 Å². The van der Waals surface area contributed by atoms with E-state index in [2.05, 4.69) is 6.07 Å². The van der Waals surface area contributed by atoms with Crippen molar-refractivity contribution in [2.45, 2.75) is 23.9 Å². The molecular weight excluding hydrogens is 724 g/mol. The summed E-state index contributed by atoms with van der Waals surface area (Å²) >= 11 is 25.9. The smallest absolute Gasteiger partial charge is 0.327 e. The van der Waals surface area contributed by atoms with Gasteiger partial charge < -0.3 is 9.84 Å². The number of benzene rings is 6. The van der Waals surface area contributed by atoms with Crippen molar-refractivity contribution in [1.29, 1.82) is 5.26 Å². The Morgan fingerprint density at radius 1 is 0.706 bits per heavy atom. The first-order valence-corrected chi connectivity index (χ1v) is 17.7. The number of ketones is 1. The second kappa shape index (κ2) is 13.6. The van der Waals surface area contributed by atoms with Gasteiger partial charge in [-0.15, -0.1) is 0 Å². The molecule has 1 fully saturated rings. The molecule has 6 aromatic rings. The summed E-state index contributed by atoms with van der Waals surface area (Å²) in [6.45, 7) is 0. The van der Waals surface area contributed by atoms with E-state index in [1.165, 1.54) is 7.11 Å². The van der Waals surface area contributed by atoms with E-state index >= 15 is 4.79 Å². The van der Waals surface area contributed by atoms with Crippen molar-refractivity contribution in [2.75, 3.05) is 7.11 Å². The third kappa shape index (κ3) is 5.86. The number of hydrogen-bond acceptors (Lipinski definition) is 5. The lowest BCUT2D eigenvalue weighted by atomic mass is 9.47. The zero-order chi connectivity index (χ0) is 36.1. The lowest BCUT2D eigenvalue weighted by Crippen LogP contribution is -2.59. The lowest BCUT2D eigenvalue weighted by Gasteiger charge is -2.54. The molecule has 0 radical (unpaired) electrons. The Balaban J connectivity index is 1.59. The molecule has 1 aliphatic carbocycles. The van der Waals surface area contributed by atoms with Crippen molar-refractivity contribution in [3.05, 3.63) is 164 Å². The number of rotatable bonds is 6. The highest BCUT2D eigenvalue weighted by molar-refractivity contribution is 6.42. The maximum Gasteiger partial charge on any atom is 0.327 e. The molecule has 0 amide bonds. The molecule has 7 rings (SSSR count). The molecule has 0 unspecified atom stereocenters. The molecule has 5 atom stereocenters. The number of methoxy groups -OCH3 is 1. The molecule has 1 N–H and O–H groups in total. The van der Waals surface area contributed by atoms with Crippen LogP contribution in [0.4, 0.5) is 0 Å². The van der Waals surface area contributed by atoms with E-state index in [1.54, 1.807) is 54.6 Å². The largest absolute Gasteiger partial charge is 0.468 e. The molecule has 0 saturated heterocycles. The van der Waals surface area contributed by atoms with Crippen LogP contribution in [0.5, 0.6) is 0 Å². The average Bonchev–Trinajstić information content (AvgIpc) is 3.15. The second-order valence-corrected chi connectivity index (χ2v) is 14.6. The SMILES string of the molecule is COC(=O)[C@@]1(C#N)[C@H](c2ccc(Cl)c(Cl)c2)C[C@](O)(c2ccc3ccccc3c2)[C@H](C(=O)c2ccc3ccccc3c2)[C@@H]1c1ccc(Cl)c(Cl)c1. The lowest BCUT2D eigenvalue weighted by molar-refractivity contribution is -0.162. The van der Waals surface area contributed by atoms with Crippen molar-refractivity contribution in [2.24, 2.45) is 11.3 Å². The fraction of sp³-hybridized carbons (Fsp3) is 0.167. The van der Waals surface area contributed by atoms with Gasteiger partial charge in [-0.3, -0.25) is 9.59 Å². The molecule has 0 heterocycles. The van der Waals surface area contributed by atoms with Crippen LogP contribution in [0.3, 0.4) is 0 Å². The molecule has 51 heavy (non-hydrogen) atoms. The quantitative estimate of drug-likeness (QED) is 0.135. The Morgan fingerprint density at radius 3 is 1.84 bits per heavy atom. The van der Waals surface area contributed by atoms with E-state index in [1.807, 2.05) is 66.7 Å². The third-order valence-electron chi connectivity index (χ3n) is 10.3. The van der Waals surface area contributed by atoms with Gasteiger partial charge in [-0.1, -0.05) is 131 Å². The van der Waals surface area contributed by atoms with Crippen molar-refractivity contribution >= 4 is 79.7 Å². The maximum absolute atomic E-state index is 15.4. The van der Waals surface area contributed by atoms with Gasteiger partial charge in [-0.2, -0.15) is 5.26 Å². The van der Waals surface area contributed by atoms with Gasteiger partial charge in [0.05, 0.1) is 39.2 Å². The Bertz CT molecular complexity index is 2410. The maximum atomic E-state index is 15.4. The highest BCUT2D eigenvalue weighted by Gasteiger charge is 2.67. The summed E-state index contributed by atoms with van der Waals surface area (Å²) in [5.74, 6) is -5.12. The minimum atomic E-state index is -2.08. The van der Waals surface area contributed by atoms with Crippen LogP contribution in [0, 0.1) is 22.7 Å². The summed E-state index contributed by atoms with van der Waals surface area (Å²) < 4.78 is 5.45.